The topological polar surface area (TPSA) is 16.4 Å². The SMILES string of the molecule is c1cc(-c2ccc(N(c3ccc(-c4ccc5c(c4)oc4ccccc45)cc3)c3ccc(-c4cccc5sc6ccccc6c45)cc3)cc2)cc(-c2cccc3ccccc23)c1. The molecule has 0 aliphatic heterocycles. The maximum atomic E-state index is 6.25. The van der Waals surface area contributed by atoms with Crippen LogP contribution in [-0.4, -0.2) is 0 Å². The van der Waals surface area contributed by atoms with Gasteiger partial charge in [0.2, 0.25) is 0 Å². The van der Waals surface area contributed by atoms with Crippen molar-refractivity contribution < 1.29 is 4.42 Å². The van der Waals surface area contributed by atoms with Crippen LogP contribution in [0.3, 0.4) is 0 Å². The number of furan rings is 1. The zero-order chi connectivity index (χ0) is 40.3. The summed E-state index contributed by atoms with van der Waals surface area (Å²) in [6.07, 6.45) is 0. The van der Waals surface area contributed by atoms with Crippen molar-refractivity contribution in [2.24, 2.45) is 0 Å². The van der Waals surface area contributed by atoms with Crippen LogP contribution < -0.4 is 4.90 Å². The van der Waals surface area contributed by atoms with Gasteiger partial charge in [-0.15, -0.1) is 11.3 Å². The van der Waals surface area contributed by atoms with Gasteiger partial charge >= 0.3 is 0 Å². The van der Waals surface area contributed by atoms with E-state index in [4.69, 9.17) is 4.42 Å². The first-order valence-electron chi connectivity index (χ1n) is 20.7. The zero-order valence-electron chi connectivity index (χ0n) is 33.1. The molecule has 286 valence electrons. The lowest BCUT2D eigenvalue weighted by Crippen LogP contribution is -2.09. The quantitative estimate of drug-likeness (QED) is 0.160. The molecule has 10 aromatic carbocycles. The first kappa shape index (κ1) is 35.2. The van der Waals surface area contributed by atoms with Crippen LogP contribution in [0.5, 0.6) is 0 Å². The van der Waals surface area contributed by atoms with E-state index in [9.17, 15) is 0 Å². The molecular weight excluding hydrogens is 759 g/mol. The predicted molar refractivity (Wildman–Crippen MR) is 261 cm³/mol. The maximum absolute atomic E-state index is 6.25. The molecule has 0 amide bonds. The van der Waals surface area contributed by atoms with Crippen molar-refractivity contribution in [3.05, 3.63) is 224 Å². The molecule has 0 bridgehead atoms. The van der Waals surface area contributed by atoms with Crippen LogP contribution >= 0.6 is 11.3 Å². The highest BCUT2D eigenvalue weighted by Crippen LogP contribution is 2.43. The number of thiophene rings is 1. The highest BCUT2D eigenvalue weighted by molar-refractivity contribution is 7.25. The van der Waals surface area contributed by atoms with Crippen molar-refractivity contribution in [1.82, 2.24) is 0 Å². The van der Waals surface area contributed by atoms with Crippen molar-refractivity contribution in [3.63, 3.8) is 0 Å². The molecule has 0 unspecified atom stereocenters. The van der Waals surface area contributed by atoms with Gasteiger partial charge in [0.05, 0.1) is 0 Å². The van der Waals surface area contributed by atoms with Gasteiger partial charge in [0.1, 0.15) is 11.2 Å². The molecule has 2 nitrogen and oxygen atoms in total. The molecule has 3 heteroatoms. The molecule has 12 aromatic rings. The molecular formula is C58H37NOS. The Balaban J connectivity index is 0.922. The standard InChI is InChI=1S/C58H37NOS/c1-2-14-48-40(10-1)11-8-17-49(48)44-13-7-12-42(36-44)38-22-29-45(30-23-38)59(46-31-24-39(25-32-46)43-28-35-52-51-15-3-5-19-54(51)60-55(52)37-43)47-33-26-41(27-34-47)50-18-9-21-57-58(50)53-16-4-6-20-56(53)61-57/h1-37H. The van der Waals surface area contributed by atoms with Gasteiger partial charge < -0.3 is 9.32 Å². The first-order valence-corrected chi connectivity index (χ1v) is 21.5. The molecule has 12 rings (SSSR count). The summed E-state index contributed by atoms with van der Waals surface area (Å²) in [5, 5.41) is 7.43. The summed E-state index contributed by atoms with van der Waals surface area (Å²) in [5.74, 6) is 0. The average Bonchev–Trinajstić information content (AvgIpc) is 3.90. The van der Waals surface area contributed by atoms with Crippen molar-refractivity contribution in [3.8, 4) is 44.5 Å². The Morgan fingerprint density at radius 2 is 0.836 bits per heavy atom. The third-order valence-electron chi connectivity index (χ3n) is 12.1. The summed E-state index contributed by atoms with van der Waals surface area (Å²) < 4.78 is 8.88. The van der Waals surface area contributed by atoms with Gasteiger partial charge in [0, 0.05) is 48.0 Å². The second kappa shape index (κ2) is 14.5. The second-order valence-electron chi connectivity index (χ2n) is 15.7. The molecule has 0 radical (unpaired) electrons. The number of rotatable bonds is 7. The number of anilines is 3. The summed E-state index contributed by atoms with van der Waals surface area (Å²) in [4.78, 5) is 2.35. The molecule has 0 N–H and O–H groups in total. The number of benzene rings is 10. The lowest BCUT2D eigenvalue weighted by Gasteiger charge is -2.26. The fraction of sp³-hybridized carbons (Fsp3) is 0. The van der Waals surface area contributed by atoms with Gasteiger partial charge in [-0.25, -0.2) is 0 Å². The maximum Gasteiger partial charge on any atom is 0.136 e. The van der Waals surface area contributed by atoms with E-state index in [2.05, 4.69) is 217 Å². The smallest absolute Gasteiger partial charge is 0.136 e. The zero-order valence-corrected chi connectivity index (χ0v) is 33.9. The Morgan fingerprint density at radius 3 is 1.61 bits per heavy atom. The minimum Gasteiger partial charge on any atom is -0.456 e. The van der Waals surface area contributed by atoms with Gasteiger partial charge in [-0.2, -0.15) is 0 Å². The molecule has 0 aliphatic carbocycles. The minimum absolute atomic E-state index is 0.901. The minimum atomic E-state index is 0.901. The molecule has 0 fully saturated rings. The van der Waals surface area contributed by atoms with E-state index in [-0.39, 0.29) is 0 Å². The monoisotopic (exact) mass is 795 g/mol. The number of hydrogen-bond donors (Lipinski definition) is 0. The predicted octanol–water partition coefficient (Wildman–Crippen LogP) is 17.2. The molecule has 0 spiro atoms. The highest BCUT2D eigenvalue weighted by atomic mass is 32.1. The largest absolute Gasteiger partial charge is 0.456 e. The Morgan fingerprint density at radius 1 is 0.311 bits per heavy atom. The number of nitrogens with zero attached hydrogens (tertiary/aromatic N) is 1. The fourth-order valence-electron chi connectivity index (χ4n) is 9.11. The van der Waals surface area contributed by atoms with Crippen molar-refractivity contribution in [2.45, 2.75) is 0 Å². The Labute approximate surface area is 357 Å². The summed E-state index contributed by atoms with van der Waals surface area (Å²) in [7, 11) is 0. The molecule has 2 heterocycles. The Hall–Kier alpha value is -7.72. The van der Waals surface area contributed by atoms with Crippen LogP contribution in [-0.2, 0) is 0 Å². The van der Waals surface area contributed by atoms with Gasteiger partial charge in [-0.05, 0) is 128 Å². The lowest BCUT2D eigenvalue weighted by molar-refractivity contribution is 0.669. The summed E-state index contributed by atoms with van der Waals surface area (Å²) >= 11 is 1.86. The third-order valence-corrected chi connectivity index (χ3v) is 13.2. The average molecular weight is 796 g/mol. The summed E-state index contributed by atoms with van der Waals surface area (Å²) in [5.41, 5.74) is 14.6. The molecule has 0 saturated carbocycles. The van der Waals surface area contributed by atoms with Crippen molar-refractivity contribution >= 4 is 81.3 Å². The summed E-state index contributed by atoms with van der Waals surface area (Å²) in [6, 6.07) is 81.2. The van der Waals surface area contributed by atoms with E-state index in [0.29, 0.717) is 0 Å². The van der Waals surface area contributed by atoms with Crippen LogP contribution in [0.1, 0.15) is 0 Å². The highest BCUT2D eigenvalue weighted by Gasteiger charge is 2.17. The lowest BCUT2D eigenvalue weighted by atomic mass is 9.95. The van der Waals surface area contributed by atoms with Gasteiger partial charge in [-0.1, -0.05) is 152 Å². The second-order valence-corrected chi connectivity index (χ2v) is 16.8. The van der Waals surface area contributed by atoms with E-state index < -0.39 is 0 Å². The van der Waals surface area contributed by atoms with E-state index >= 15 is 0 Å². The number of fused-ring (bicyclic) bond motifs is 7. The molecule has 0 aliphatic rings. The first-order chi connectivity index (χ1) is 30.2. The van der Waals surface area contributed by atoms with E-state index in [0.717, 1.165) is 50.1 Å². The van der Waals surface area contributed by atoms with E-state index in [1.807, 2.05) is 23.5 Å². The van der Waals surface area contributed by atoms with Gasteiger partial charge in [-0.3, -0.25) is 0 Å². The molecule has 61 heavy (non-hydrogen) atoms. The Bertz CT molecular complexity index is 3570. The molecule has 0 atom stereocenters. The van der Waals surface area contributed by atoms with Crippen LogP contribution in [0.4, 0.5) is 17.1 Å². The van der Waals surface area contributed by atoms with Crippen molar-refractivity contribution in [2.75, 3.05) is 4.90 Å². The fourth-order valence-corrected chi connectivity index (χ4v) is 10.2. The number of para-hydroxylation sites is 1. The van der Waals surface area contributed by atoms with Crippen molar-refractivity contribution in [1.29, 1.82) is 0 Å². The third kappa shape index (κ3) is 6.18. The van der Waals surface area contributed by atoms with Crippen LogP contribution in [0, 0.1) is 0 Å². The van der Waals surface area contributed by atoms with Gasteiger partial charge in [0.15, 0.2) is 0 Å². The molecule has 2 aromatic heterocycles. The van der Waals surface area contributed by atoms with Crippen LogP contribution in [0.2, 0.25) is 0 Å². The van der Waals surface area contributed by atoms with Crippen LogP contribution in [0.25, 0.3) is 97.4 Å². The van der Waals surface area contributed by atoms with Crippen LogP contribution in [0.15, 0.2) is 229 Å². The Kier molecular flexibility index (Phi) is 8.39. The summed E-state index contributed by atoms with van der Waals surface area (Å²) in [6.45, 7) is 0. The normalized spacial score (nSPS) is 11.6. The van der Waals surface area contributed by atoms with E-state index in [1.54, 1.807) is 0 Å². The number of hydrogen-bond acceptors (Lipinski definition) is 3. The molecule has 0 saturated heterocycles. The van der Waals surface area contributed by atoms with E-state index in [1.165, 1.54) is 64.3 Å². The van der Waals surface area contributed by atoms with Gasteiger partial charge in [0.25, 0.3) is 0 Å².